The molecule has 0 saturated carbocycles. The van der Waals surface area contributed by atoms with Gasteiger partial charge in [-0.2, -0.15) is 0 Å². The maximum atomic E-state index is 12.6. The summed E-state index contributed by atoms with van der Waals surface area (Å²) in [7, 11) is 0. The number of hydrogen-bond acceptors (Lipinski definition) is 5. The van der Waals surface area contributed by atoms with Crippen LogP contribution in [-0.2, 0) is 11.3 Å². The molecule has 3 aromatic rings. The van der Waals surface area contributed by atoms with Crippen LogP contribution in [0.2, 0.25) is 5.02 Å². The lowest BCUT2D eigenvalue weighted by Crippen LogP contribution is -2.26. The summed E-state index contributed by atoms with van der Waals surface area (Å²) in [5.74, 6) is 0.384. The van der Waals surface area contributed by atoms with E-state index in [1.165, 1.54) is 11.8 Å². The molecule has 0 bridgehead atoms. The van der Waals surface area contributed by atoms with E-state index in [9.17, 15) is 9.59 Å². The van der Waals surface area contributed by atoms with Crippen LogP contribution in [0.5, 0.6) is 0 Å². The average molecular weight is 458 g/mol. The largest absolute Gasteiger partial charge is 0.352 e. The number of carbonyl (C=O) groups excluding carboxylic acids is 2. The molecule has 0 fully saturated rings. The van der Waals surface area contributed by atoms with Crippen LogP contribution in [0.1, 0.15) is 35.1 Å². The van der Waals surface area contributed by atoms with Crippen molar-refractivity contribution in [2.45, 2.75) is 32.0 Å². The molecule has 0 atom stereocenters. The lowest BCUT2D eigenvalue weighted by atomic mass is 10.1. The Morgan fingerprint density at radius 2 is 1.90 bits per heavy atom. The molecule has 2 amide bonds. The Morgan fingerprint density at radius 1 is 1.13 bits per heavy atom. The van der Waals surface area contributed by atoms with Gasteiger partial charge in [-0.15, -0.1) is 10.2 Å². The van der Waals surface area contributed by atoms with Gasteiger partial charge < -0.3 is 15.2 Å². The van der Waals surface area contributed by atoms with Gasteiger partial charge in [0.2, 0.25) is 5.91 Å². The highest BCUT2D eigenvalue weighted by molar-refractivity contribution is 7.99. The van der Waals surface area contributed by atoms with Gasteiger partial charge in [-0.05, 0) is 37.1 Å². The second-order valence-electron chi connectivity index (χ2n) is 6.88. The third-order valence-corrected chi connectivity index (χ3v) is 5.66. The number of anilines is 1. The average Bonchev–Trinajstić information content (AvgIpc) is 3.10. The standard InChI is InChI=1S/C22H24ClN5O2S/c1-3-11-24-21(30)18-10-9-17(23)12-19(18)25-20(29)14-31-22-27-26-15(2)28(22)13-16-7-5-4-6-8-16/h4-10,12H,3,11,13-14H2,1-2H3,(H,24,30)(H,25,29). The van der Waals surface area contributed by atoms with Crippen molar-refractivity contribution in [3.05, 3.63) is 70.5 Å². The fraction of sp³-hybridized carbons (Fsp3) is 0.273. The Balaban J connectivity index is 1.66. The lowest BCUT2D eigenvalue weighted by molar-refractivity contribution is -0.113. The molecular formula is C22H24ClN5O2S. The van der Waals surface area contributed by atoms with Gasteiger partial charge in [0.25, 0.3) is 5.91 Å². The first-order valence-electron chi connectivity index (χ1n) is 9.92. The van der Waals surface area contributed by atoms with Gasteiger partial charge in [0.05, 0.1) is 23.5 Å². The van der Waals surface area contributed by atoms with Crippen molar-refractivity contribution >= 4 is 40.9 Å². The Labute approximate surface area is 190 Å². The summed E-state index contributed by atoms with van der Waals surface area (Å²) in [5.41, 5.74) is 1.88. The number of nitrogens with zero attached hydrogens (tertiary/aromatic N) is 3. The summed E-state index contributed by atoms with van der Waals surface area (Å²) in [6, 6.07) is 14.8. The van der Waals surface area contributed by atoms with Crippen molar-refractivity contribution in [2.24, 2.45) is 0 Å². The topological polar surface area (TPSA) is 88.9 Å². The summed E-state index contributed by atoms with van der Waals surface area (Å²) < 4.78 is 1.97. The first kappa shape index (κ1) is 22.8. The zero-order chi connectivity index (χ0) is 22.2. The third-order valence-electron chi connectivity index (χ3n) is 4.45. The molecule has 0 unspecified atom stereocenters. The number of aromatic nitrogens is 3. The maximum Gasteiger partial charge on any atom is 0.253 e. The zero-order valence-corrected chi connectivity index (χ0v) is 19.0. The van der Waals surface area contributed by atoms with Crippen LogP contribution < -0.4 is 10.6 Å². The quantitative estimate of drug-likeness (QED) is 0.471. The van der Waals surface area contributed by atoms with Crippen LogP contribution in [0, 0.1) is 6.92 Å². The Morgan fingerprint density at radius 3 is 2.65 bits per heavy atom. The van der Waals surface area contributed by atoms with Gasteiger partial charge in [-0.25, -0.2) is 0 Å². The fourth-order valence-electron chi connectivity index (χ4n) is 2.88. The number of halogens is 1. The molecule has 0 aliphatic rings. The lowest BCUT2D eigenvalue weighted by Gasteiger charge is -2.12. The molecule has 31 heavy (non-hydrogen) atoms. The fourth-order valence-corrected chi connectivity index (χ4v) is 3.84. The number of hydrogen-bond donors (Lipinski definition) is 2. The molecule has 1 heterocycles. The first-order chi connectivity index (χ1) is 15.0. The number of amides is 2. The van der Waals surface area contributed by atoms with E-state index in [4.69, 9.17) is 11.6 Å². The minimum atomic E-state index is -0.260. The molecule has 0 aliphatic heterocycles. The molecule has 1 aromatic heterocycles. The van der Waals surface area contributed by atoms with Crippen LogP contribution in [-0.4, -0.2) is 38.9 Å². The summed E-state index contributed by atoms with van der Waals surface area (Å²) >= 11 is 7.36. The molecule has 0 aliphatic carbocycles. The minimum absolute atomic E-state index is 0.120. The number of carbonyl (C=O) groups is 2. The van der Waals surface area contributed by atoms with E-state index < -0.39 is 0 Å². The molecule has 2 N–H and O–H groups in total. The number of rotatable bonds is 9. The minimum Gasteiger partial charge on any atom is -0.352 e. The Hall–Kier alpha value is -2.84. The van der Waals surface area contributed by atoms with E-state index in [1.807, 2.05) is 48.7 Å². The van der Waals surface area contributed by atoms with E-state index in [0.29, 0.717) is 34.5 Å². The highest BCUT2D eigenvalue weighted by atomic mass is 35.5. The highest BCUT2D eigenvalue weighted by Gasteiger charge is 2.16. The SMILES string of the molecule is CCCNC(=O)c1ccc(Cl)cc1NC(=O)CSc1nnc(C)n1Cc1ccccc1. The van der Waals surface area contributed by atoms with Gasteiger partial charge in [0, 0.05) is 11.6 Å². The number of nitrogens with one attached hydrogen (secondary N) is 2. The molecule has 162 valence electrons. The van der Waals surface area contributed by atoms with E-state index in [0.717, 1.165) is 17.8 Å². The van der Waals surface area contributed by atoms with Gasteiger partial charge >= 0.3 is 0 Å². The maximum absolute atomic E-state index is 12.6. The van der Waals surface area contributed by atoms with Crippen molar-refractivity contribution in [3.8, 4) is 0 Å². The zero-order valence-electron chi connectivity index (χ0n) is 17.4. The molecule has 0 spiro atoms. The third kappa shape index (κ3) is 6.32. The number of aryl methyl sites for hydroxylation is 1. The van der Waals surface area contributed by atoms with Crippen LogP contribution in [0.3, 0.4) is 0 Å². The van der Waals surface area contributed by atoms with Crippen molar-refractivity contribution < 1.29 is 9.59 Å². The molecule has 0 radical (unpaired) electrons. The molecule has 9 heteroatoms. The normalized spacial score (nSPS) is 10.7. The highest BCUT2D eigenvalue weighted by Crippen LogP contribution is 2.23. The predicted octanol–water partition coefficient (Wildman–Crippen LogP) is 4.16. The summed E-state index contributed by atoms with van der Waals surface area (Å²) in [5, 5.41) is 15.0. The Kier molecular flexibility index (Phi) is 8.08. The Bertz CT molecular complexity index is 1060. The van der Waals surface area contributed by atoms with E-state index in [1.54, 1.807) is 18.2 Å². The van der Waals surface area contributed by atoms with Crippen molar-refractivity contribution in [3.63, 3.8) is 0 Å². The van der Waals surface area contributed by atoms with Crippen molar-refractivity contribution in [1.29, 1.82) is 0 Å². The van der Waals surface area contributed by atoms with Gasteiger partial charge in [0.1, 0.15) is 5.82 Å². The molecule has 7 nitrogen and oxygen atoms in total. The van der Waals surface area contributed by atoms with Crippen LogP contribution in [0.15, 0.2) is 53.7 Å². The van der Waals surface area contributed by atoms with Gasteiger partial charge in [-0.3, -0.25) is 9.59 Å². The van der Waals surface area contributed by atoms with Crippen molar-refractivity contribution in [2.75, 3.05) is 17.6 Å². The van der Waals surface area contributed by atoms with Crippen LogP contribution in [0.25, 0.3) is 0 Å². The first-order valence-corrected chi connectivity index (χ1v) is 11.3. The molecule has 3 rings (SSSR count). The summed E-state index contributed by atoms with van der Waals surface area (Å²) in [6.07, 6.45) is 0.820. The second kappa shape index (κ2) is 11.0. The smallest absolute Gasteiger partial charge is 0.253 e. The number of benzene rings is 2. The summed E-state index contributed by atoms with van der Waals surface area (Å²) in [6.45, 7) is 5.04. The van der Waals surface area contributed by atoms with E-state index in [2.05, 4.69) is 20.8 Å². The monoisotopic (exact) mass is 457 g/mol. The van der Waals surface area contributed by atoms with E-state index >= 15 is 0 Å². The second-order valence-corrected chi connectivity index (χ2v) is 8.26. The molecule has 0 saturated heterocycles. The number of thioether (sulfide) groups is 1. The molecular weight excluding hydrogens is 434 g/mol. The predicted molar refractivity (Wildman–Crippen MR) is 124 cm³/mol. The van der Waals surface area contributed by atoms with Crippen molar-refractivity contribution in [1.82, 2.24) is 20.1 Å². The molecule has 2 aromatic carbocycles. The van der Waals surface area contributed by atoms with Gasteiger partial charge in [0.15, 0.2) is 5.16 Å². The van der Waals surface area contributed by atoms with Gasteiger partial charge in [-0.1, -0.05) is 60.6 Å². The van der Waals surface area contributed by atoms with Crippen LogP contribution >= 0.6 is 23.4 Å². The summed E-state index contributed by atoms with van der Waals surface area (Å²) in [4.78, 5) is 25.0. The van der Waals surface area contributed by atoms with Crippen LogP contribution in [0.4, 0.5) is 5.69 Å². The van der Waals surface area contributed by atoms with E-state index in [-0.39, 0.29) is 17.6 Å².